The van der Waals surface area contributed by atoms with E-state index in [9.17, 15) is 19.5 Å². The van der Waals surface area contributed by atoms with Crippen molar-refractivity contribution in [3.63, 3.8) is 0 Å². The number of nitrogens with one attached hydrogen (secondary N) is 1. The van der Waals surface area contributed by atoms with E-state index in [1.165, 1.54) is 4.90 Å². The first-order valence-corrected chi connectivity index (χ1v) is 12.5. The summed E-state index contributed by atoms with van der Waals surface area (Å²) in [6, 6.07) is 15.3. The maximum Gasteiger partial charge on any atom is 0.408 e. The Kier molecular flexibility index (Phi) is 7.15. The van der Waals surface area contributed by atoms with Crippen molar-refractivity contribution < 1.29 is 24.2 Å². The number of carboxylic acids is 1. The summed E-state index contributed by atoms with van der Waals surface area (Å²) < 4.78 is 5.69. The minimum absolute atomic E-state index is 0.0820. The number of alkyl carbamates (subject to hydrolysis) is 1. The number of hydrogen-bond acceptors (Lipinski definition) is 4. The fourth-order valence-corrected chi connectivity index (χ4v) is 5.51. The Labute approximate surface area is 206 Å². The lowest BCUT2D eigenvalue weighted by Gasteiger charge is -2.42. The first kappa shape index (κ1) is 24.8. The summed E-state index contributed by atoms with van der Waals surface area (Å²) in [6.07, 6.45) is 1.16. The van der Waals surface area contributed by atoms with Crippen molar-refractivity contribution in [3.05, 3.63) is 59.7 Å². The number of likely N-dealkylation sites (tertiary alicyclic amines) is 1. The summed E-state index contributed by atoms with van der Waals surface area (Å²) in [5.74, 6) is -1.21. The van der Waals surface area contributed by atoms with Gasteiger partial charge in [-0.3, -0.25) is 4.79 Å². The maximum absolute atomic E-state index is 13.6. The third kappa shape index (κ3) is 4.64. The van der Waals surface area contributed by atoms with Crippen LogP contribution in [0.3, 0.4) is 0 Å². The number of hydrogen-bond donors (Lipinski definition) is 2. The van der Waals surface area contributed by atoms with Crippen LogP contribution in [0, 0.1) is 5.92 Å². The van der Waals surface area contributed by atoms with E-state index >= 15 is 0 Å². The number of amides is 2. The van der Waals surface area contributed by atoms with Gasteiger partial charge in [-0.2, -0.15) is 0 Å². The van der Waals surface area contributed by atoms with E-state index in [2.05, 4.69) is 29.6 Å². The first-order valence-electron chi connectivity index (χ1n) is 12.5. The van der Waals surface area contributed by atoms with E-state index in [1.807, 2.05) is 45.0 Å². The van der Waals surface area contributed by atoms with Crippen LogP contribution in [-0.2, 0) is 14.3 Å². The summed E-state index contributed by atoms with van der Waals surface area (Å²) >= 11 is 0. The van der Waals surface area contributed by atoms with Crippen LogP contribution in [0.4, 0.5) is 4.79 Å². The van der Waals surface area contributed by atoms with Crippen LogP contribution >= 0.6 is 0 Å². The molecule has 2 atom stereocenters. The molecule has 7 nitrogen and oxygen atoms in total. The third-order valence-electron chi connectivity index (χ3n) is 7.71. The van der Waals surface area contributed by atoms with Crippen molar-refractivity contribution in [3.8, 4) is 11.1 Å². The lowest BCUT2D eigenvalue weighted by Crippen LogP contribution is -2.63. The zero-order valence-corrected chi connectivity index (χ0v) is 20.6. The Balaban J connectivity index is 1.49. The second-order valence-electron chi connectivity index (χ2n) is 9.72. The molecule has 2 amide bonds. The van der Waals surface area contributed by atoms with Crippen LogP contribution < -0.4 is 5.32 Å². The number of ether oxygens (including phenoxy) is 1. The molecule has 2 aromatic carbocycles. The Bertz CT molecular complexity index is 1060. The van der Waals surface area contributed by atoms with Crippen molar-refractivity contribution in [2.75, 3.05) is 13.2 Å². The van der Waals surface area contributed by atoms with Crippen LogP contribution in [0.2, 0.25) is 0 Å². The average molecular weight is 479 g/mol. The summed E-state index contributed by atoms with van der Waals surface area (Å²) in [4.78, 5) is 39.9. The molecule has 2 aliphatic rings. The van der Waals surface area contributed by atoms with E-state index in [0.717, 1.165) is 28.7 Å². The highest BCUT2D eigenvalue weighted by atomic mass is 16.5. The highest BCUT2D eigenvalue weighted by Crippen LogP contribution is 2.44. The smallest absolute Gasteiger partial charge is 0.408 e. The van der Waals surface area contributed by atoms with Gasteiger partial charge in [0, 0.05) is 12.5 Å². The quantitative estimate of drug-likeness (QED) is 0.596. The molecule has 0 saturated carbocycles. The second-order valence-corrected chi connectivity index (χ2v) is 9.72. The molecule has 7 heteroatoms. The fourth-order valence-electron chi connectivity index (χ4n) is 5.51. The van der Waals surface area contributed by atoms with Gasteiger partial charge in [0.25, 0.3) is 0 Å². The van der Waals surface area contributed by atoms with Gasteiger partial charge >= 0.3 is 12.1 Å². The highest BCUT2D eigenvalue weighted by Gasteiger charge is 2.45. The minimum atomic E-state index is -1.21. The molecular formula is C28H34N2O5. The topological polar surface area (TPSA) is 95.9 Å². The SMILES string of the molecule is CCC(CC)(NC(=O)OCC1c2ccccc2-c2ccccc21)C(=O)N1CCC(C)CC1C(=O)O. The predicted octanol–water partition coefficient (Wildman–Crippen LogP) is 4.80. The normalized spacial score (nSPS) is 19.6. The highest BCUT2D eigenvalue weighted by molar-refractivity contribution is 5.93. The molecule has 0 aromatic heterocycles. The molecule has 1 fully saturated rings. The molecule has 1 aliphatic carbocycles. The Morgan fingerprint density at radius 2 is 1.60 bits per heavy atom. The molecule has 0 radical (unpaired) electrons. The molecule has 1 aliphatic heterocycles. The van der Waals surface area contributed by atoms with Gasteiger partial charge in [-0.15, -0.1) is 0 Å². The number of benzene rings is 2. The maximum atomic E-state index is 13.6. The first-order chi connectivity index (χ1) is 16.8. The van der Waals surface area contributed by atoms with Crippen molar-refractivity contribution in [2.45, 2.75) is 64.0 Å². The van der Waals surface area contributed by atoms with E-state index in [4.69, 9.17) is 4.74 Å². The number of carboxylic acid groups (broad SMARTS) is 1. The van der Waals surface area contributed by atoms with Crippen molar-refractivity contribution in [1.82, 2.24) is 10.2 Å². The van der Waals surface area contributed by atoms with E-state index < -0.39 is 23.6 Å². The van der Waals surface area contributed by atoms with Gasteiger partial charge in [-0.05, 0) is 53.9 Å². The standard InChI is InChI=1S/C28H34N2O5/c1-4-28(5-2,26(33)30-15-14-18(3)16-24(30)25(31)32)29-27(34)35-17-23-21-12-8-6-10-19(21)20-11-7-9-13-22(20)23/h6-13,18,23-24H,4-5,14-17H2,1-3H3,(H,29,34)(H,31,32). The number of aliphatic carboxylic acids is 1. The van der Waals surface area contributed by atoms with Crippen LogP contribution in [-0.4, -0.2) is 52.7 Å². The van der Waals surface area contributed by atoms with Crippen molar-refractivity contribution in [2.24, 2.45) is 5.92 Å². The molecule has 2 aromatic rings. The van der Waals surface area contributed by atoms with Gasteiger partial charge in [0.15, 0.2) is 0 Å². The van der Waals surface area contributed by atoms with Gasteiger partial charge < -0.3 is 20.1 Å². The number of piperidine rings is 1. The van der Waals surface area contributed by atoms with Crippen molar-refractivity contribution >= 4 is 18.0 Å². The molecule has 2 unspecified atom stereocenters. The molecule has 1 heterocycles. The van der Waals surface area contributed by atoms with Gasteiger partial charge in [-0.25, -0.2) is 9.59 Å². The van der Waals surface area contributed by atoms with Crippen LogP contribution in [0.25, 0.3) is 11.1 Å². The van der Waals surface area contributed by atoms with E-state index in [1.54, 1.807) is 0 Å². The summed E-state index contributed by atoms with van der Waals surface area (Å²) in [5, 5.41) is 12.6. The number of carbonyl (C=O) groups excluding carboxylic acids is 2. The van der Waals surface area contributed by atoms with E-state index in [0.29, 0.717) is 25.8 Å². The Morgan fingerprint density at radius 3 is 2.14 bits per heavy atom. The largest absolute Gasteiger partial charge is 0.480 e. The van der Waals surface area contributed by atoms with Crippen LogP contribution in [0.15, 0.2) is 48.5 Å². The van der Waals surface area contributed by atoms with Gasteiger partial charge in [0.2, 0.25) is 5.91 Å². The molecule has 2 N–H and O–H groups in total. The Hall–Kier alpha value is -3.35. The predicted molar refractivity (Wildman–Crippen MR) is 133 cm³/mol. The number of fused-ring (bicyclic) bond motifs is 3. The number of carbonyl (C=O) groups is 3. The monoisotopic (exact) mass is 478 g/mol. The second kappa shape index (κ2) is 10.1. The molecule has 35 heavy (non-hydrogen) atoms. The third-order valence-corrected chi connectivity index (χ3v) is 7.71. The Morgan fingerprint density at radius 1 is 1.03 bits per heavy atom. The van der Waals surface area contributed by atoms with Crippen molar-refractivity contribution in [1.29, 1.82) is 0 Å². The number of nitrogens with zero attached hydrogens (tertiary/aromatic N) is 1. The number of rotatable bonds is 7. The molecule has 1 saturated heterocycles. The molecule has 186 valence electrons. The molecule has 0 bridgehead atoms. The zero-order valence-electron chi connectivity index (χ0n) is 20.6. The molecule has 4 rings (SSSR count). The van der Waals surface area contributed by atoms with Crippen LogP contribution in [0.5, 0.6) is 0 Å². The molecule has 0 spiro atoms. The van der Waals surface area contributed by atoms with Gasteiger partial charge in [-0.1, -0.05) is 69.3 Å². The summed E-state index contributed by atoms with van der Waals surface area (Å²) in [6.45, 7) is 6.17. The van der Waals surface area contributed by atoms with Crippen LogP contribution in [0.1, 0.15) is 63.5 Å². The zero-order chi connectivity index (χ0) is 25.2. The lowest BCUT2D eigenvalue weighted by atomic mass is 9.86. The molecular weight excluding hydrogens is 444 g/mol. The average Bonchev–Trinajstić information content (AvgIpc) is 3.19. The van der Waals surface area contributed by atoms with E-state index in [-0.39, 0.29) is 24.3 Å². The minimum Gasteiger partial charge on any atom is -0.480 e. The summed E-state index contributed by atoms with van der Waals surface area (Å²) in [7, 11) is 0. The van der Waals surface area contributed by atoms with Gasteiger partial charge in [0.05, 0.1) is 0 Å². The lowest BCUT2D eigenvalue weighted by molar-refractivity contribution is -0.156. The summed E-state index contributed by atoms with van der Waals surface area (Å²) in [5.41, 5.74) is 3.30. The fraction of sp³-hybridized carbons (Fsp3) is 0.464. The van der Waals surface area contributed by atoms with Gasteiger partial charge in [0.1, 0.15) is 18.2 Å².